The van der Waals surface area contributed by atoms with Crippen LogP contribution in [-0.4, -0.2) is 41.8 Å². The van der Waals surface area contributed by atoms with E-state index < -0.39 is 30.1 Å². The van der Waals surface area contributed by atoms with Gasteiger partial charge in [-0.25, -0.2) is 4.79 Å². The number of carboxylic acids is 1. The van der Waals surface area contributed by atoms with Gasteiger partial charge in [0.15, 0.2) is 0 Å². The van der Waals surface area contributed by atoms with Crippen LogP contribution >= 0.6 is 0 Å². The SMILES string of the molecule is CCCC(NC(=O)OCC1c2ccccc2-c2ccccc21)C(=O)NC1CCCC1C(=O)O. The summed E-state index contributed by atoms with van der Waals surface area (Å²) in [7, 11) is 0. The van der Waals surface area contributed by atoms with E-state index >= 15 is 0 Å². The Kier molecular flexibility index (Phi) is 6.96. The molecule has 0 spiro atoms. The Morgan fingerprint density at radius 2 is 1.67 bits per heavy atom. The van der Waals surface area contributed by atoms with E-state index in [2.05, 4.69) is 34.9 Å². The van der Waals surface area contributed by atoms with Crippen LogP contribution in [0.4, 0.5) is 4.79 Å². The van der Waals surface area contributed by atoms with Gasteiger partial charge in [-0.05, 0) is 41.5 Å². The Balaban J connectivity index is 1.38. The molecule has 4 rings (SSSR count). The minimum Gasteiger partial charge on any atom is -0.481 e. The van der Waals surface area contributed by atoms with Crippen molar-refractivity contribution in [2.45, 2.75) is 57.0 Å². The van der Waals surface area contributed by atoms with Crippen LogP contribution in [0, 0.1) is 5.92 Å². The van der Waals surface area contributed by atoms with Gasteiger partial charge in [0.1, 0.15) is 12.6 Å². The van der Waals surface area contributed by atoms with Gasteiger partial charge in [0.25, 0.3) is 0 Å². The summed E-state index contributed by atoms with van der Waals surface area (Å²) in [5.74, 6) is -1.89. The monoisotopic (exact) mass is 450 g/mol. The summed E-state index contributed by atoms with van der Waals surface area (Å²) in [5.41, 5.74) is 4.54. The van der Waals surface area contributed by atoms with E-state index in [9.17, 15) is 19.5 Å². The first-order valence-corrected chi connectivity index (χ1v) is 11.6. The molecule has 1 saturated carbocycles. The van der Waals surface area contributed by atoms with E-state index in [0.29, 0.717) is 25.7 Å². The fraction of sp³-hybridized carbons (Fsp3) is 0.423. The molecule has 3 atom stereocenters. The number of alkyl carbamates (subject to hydrolysis) is 1. The quantitative estimate of drug-likeness (QED) is 0.563. The fourth-order valence-electron chi connectivity index (χ4n) is 5.05. The number of amides is 2. The fourth-order valence-corrected chi connectivity index (χ4v) is 5.05. The maximum Gasteiger partial charge on any atom is 0.407 e. The minimum absolute atomic E-state index is 0.0589. The predicted octanol–water partition coefficient (Wildman–Crippen LogP) is 4.06. The van der Waals surface area contributed by atoms with Crippen molar-refractivity contribution in [3.05, 3.63) is 59.7 Å². The second-order valence-corrected chi connectivity index (χ2v) is 8.80. The zero-order chi connectivity index (χ0) is 23.4. The number of carboxylic acid groups (broad SMARTS) is 1. The minimum atomic E-state index is -0.894. The maximum absolute atomic E-state index is 12.8. The highest BCUT2D eigenvalue weighted by atomic mass is 16.5. The van der Waals surface area contributed by atoms with Crippen molar-refractivity contribution in [1.29, 1.82) is 0 Å². The van der Waals surface area contributed by atoms with Crippen molar-refractivity contribution in [3.63, 3.8) is 0 Å². The van der Waals surface area contributed by atoms with Gasteiger partial charge < -0.3 is 20.5 Å². The van der Waals surface area contributed by atoms with Gasteiger partial charge in [-0.2, -0.15) is 0 Å². The first kappa shape index (κ1) is 22.8. The number of hydrogen-bond donors (Lipinski definition) is 3. The first-order valence-electron chi connectivity index (χ1n) is 11.6. The second-order valence-electron chi connectivity index (χ2n) is 8.80. The molecule has 7 heteroatoms. The van der Waals surface area contributed by atoms with Gasteiger partial charge in [-0.1, -0.05) is 68.3 Å². The molecule has 2 aromatic carbocycles. The molecule has 2 aliphatic rings. The number of benzene rings is 2. The summed E-state index contributed by atoms with van der Waals surface area (Å²) < 4.78 is 5.57. The Bertz CT molecular complexity index is 991. The lowest BCUT2D eigenvalue weighted by molar-refractivity contribution is -0.142. The third-order valence-electron chi connectivity index (χ3n) is 6.69. The molecular weight excluding hydrogens is 420 g/mol. The van der Waals surface area contributed by atoms with Crippen LogP contribution < -0.4 is 10.6 Å². The van der Waals surface area contributed by atoms with Crippen molar-refractivity contribution in [3.8, 4) is 11.1 Å². The summed E-state index contributed by atoms with van der Waals surface area (Å²) in [6, 6.07) is 15.0. The predicted molar refractivity (Wildman–Crippen MR) is 124 cm³/mol. The molecule has 33 heavy (non-hydrogen) atoms. The first-order chi connectivity index (χ1) is 16.0. The average Bonchev–Trinajstić information content (AvgIpc) is 3.40. The normalized spacial score (nSPS) is 19.9. The lowest BCUT2D eigenvalue weighted by Gasteiger charge is -2.23. The number of fused-ring (bicyclic) bond motifs is 3. The van der Waals surface area contributed by atoms with Crippen LogP contribution in [0.3, 0.4) is 0 Å². The third kappa shape index (κ3) is 4.87. The molecule has 2 amide bonds. The molecule has 2 aromatic rings. The molecule has 2 aliphatic carbocycles. The van der Waals surface area contributed by atoms with Crippen LogP contribution in [0.5, 0.6) is 0 Å². The van der Waals surface area contributed by atoms with Gasteiger partial charge in [0, 0.05) is 12.0 Å². The molecule has 0 bridgehead atoms. The zero-order valence-corrected chi connectivity index (χ0v) is 18.8. The molecule has 7 nitrogen and oxygen atoms in total. The number of aliphatic carboxylic acids is 1. The maximum atomic E-state index is 12.8. The molecule has 0 heterocycles. The van der Waals surface area contributed by atoms with E-state index in [1.54, 1.807) is 0 Å². The van der Waals surface area contributed by atoms with Gasteiger partial charge in [-0.15, -0.1) is 0 Å². The molecule has 3 unspecified atom stereocenters. The number of hydrogen-bond acceptors (Lipinski definition) is 4. The number of ether oxygens (including phenoxy) is 1. The smallest absolute Gasteiger partial charge is 0.407 e. The van der Waals surface area contributed by atoms with Crippen molar-refractivity contribution < 1.29 is 24.2 Å². The van der Waals surface area contributed by atoms with Crippen molar-refractivity contribution in [2.75, 3.05) is 6.61 Å². The van der Waals surface area contributed by atoms with Crippen molar-refractivity contribution >= 4 is 18.0 Å². The molecule has 1 fully saturated rings. The summed E-state index contributed by atoms with van der Waals surface area (Å²) >= 11 is 0. The number of carbonyl (C=O) groups excluding carboxylic acids is 2. The highest BCUT2D eigenvalue weighted by Crippen LogP contribution is 2.44. The van der Waals surface area contributed by atoms with Gasteiger partial charge in [0.05, 0.1) is 5.92 Å². The van der Waals surface area contributed by atoms with Crippen LogP contribution in [0.1, 0.15) is 56.1 Å². The Morgan fingerprint density at radius 3 is 2.27 bits per heavy atom. The average molecular weight is 451 g/mol. The lowest BCUT2D eigenvalue weighted by Crippen LogP contribution is -2.51. The van der Waals surface area contributed by atoms with Gasteiger partial charge >= 0.3 is 12.1 Å². The lowest BCUT2D eigenvalue weighted by atomic mass is 9.98. The number of nitrogens with one attached hydrogen (secondary N) is 2. The van der Waals surface area contributed by atoms with Crippen molar-refractivity contribution in [2.24, 2.45) is 5.92 Å². The molecule has 0 aromatic heterocycles. The summed E-state index contributed by atoms with van der Waals surface area (Å²) in [6.45, 7) is 2.10. The van der Waals surface area contributed by atoms with E-state index in [1.165, 1.54) is 0 Å². The second kappa shape index (κ2) is 10.1. The Labute approximate surface area is 193 Å². The van der Waals surface area contributed by atoms with Gasteiger partial charge in [-0.3, -0.25) is 9.59 Å². The zero-order valence-electron chi connectivity index (χ0n) is 18.8. The summed E-state index contributed by atoms with van der Waals surface area (Å²) in [6.07, 6.45) is 2.44. The molecule has 174 valence electrons. The van der Waals surface area contributed by atoms with Crippen LogP contribution in [0.2, 0.25) is 0 Å². The molecule has 0 aliphatic heterocycles. The third-order valence-corrected chi connectivity index (χ3v) is 6.69. The highest BCUT2D eigenvalue weighted by Gasteiger charge is 2.35. The molecule has 0 radical (unpaired) electrons. The number of carbonyl (C=O) groups is 3. The van der Waals surface area contributed by atoms with E-state index in [4.69, 9.17) is 4.74 Å². The van der Waals surface area contributed by atoms with Crippen LogP contribution in [0.25, 0.3) is 11.1 Å². The van der Waals surface area contributed by atoms with Crippen LogP contribution in [-0.2, 0) is 14.3 Å². The molecule has 3 N–H and O–H groups in total. The standard InChI is InChI=1S/C26H30N2O5/c1-2-8-23(24(29)27-22-14-7-13-20(22)25(30)31)28-26(32)33-15-21-18-11-5-3-9-16(18)17-10-4-6-12-19(17)21/h3-6,9-12,20-23H,2,7-8,13-15H2,1H3,(H,27,29)(H,28,32)(H,30,31). The summed E-state index contributed by atoms with van der Waals surface area (Å²) in [4.78, 5) is 36.8. The number of rotatable bonds is 8. The van der Waals surface area contributed by atoms with E-state index in [-0.39, 0.29) is 18.4 Å². The van der Waals surface area contributed by atoms with Crippen molar-refractivity contribution in [1.82, 2.24) is 10.6 Å². The molecular formula is C26H30N2O5. The largest absolute Gasteiger partial charge is 0.481 e. The van der Waals surface area contributed by atoms with E-state index in [1.807, 2.05) is 31.2 Å². The summed E-state index contributed by atoms with van der Waals surface area (Å²) in [5, 5.41) is 14.9. The molecule has 0 saturated heterocycles. The highest BCUT2D eigenvalue weighted by molar-refractivity contribution is 5.86. The Morgan fingerprint density at radius 1 is 1.03 bits per heavy atom. The van der Waals surface area contributed by atoms with Gasteiger partial charge in [0.2, 0.25) is 5.91 Å². The van der Waals surface area contributed by atoms with Crippen LogP contribution in [0.15, 0.2) is 48.5 Å². The topological polar surface area (TPSA) is 105 Å². The van der Waals surface area contributed by atoms with E-state index in [0.717, 1.165) is 28.7 Å². The Hall–Kier alpha value is -3.35.